The van der Waals surface area contributed by atoms with E-state index in [9.17, 15) is 0 Å². The Hall–Kier alpha value is -0.810. The maximum absolute atomic E-state index is 8.65. The number of oxime groups is 1. The van der Waals surface area contributed by atoms with Crippen LogP contribution in [0.4, 0.5) is 0 Å². The molecule has 1 fully saturated rings. The molecule has 2 atom stereocenters. The summed E-state index contributed by atoms with van der Waals surface area (Å²) in [6.45, 7) is 7.64. The molecule has 1 rings (SSSR count). The maximum atomic E-state index is 8.65. The summed E-state index contributed by atoms with van der Waals surface area (Å²) < 4.78 is 0. The summed E-state index contributed by atoms with van der Waals surface area (Å²) in [5.74, 6) is 0.281. The average molecular weight is 256 g/mol. The van der Waals surface area contributed by atoms with Crippen molar-refractivity contribution >= 4 is 5.84 Å². The number of piperidine rings is 1. The normalized spacial score (nSPS) is 24.1. The second kappa shape index (κ2) is 8.32. The van der Waals surface area contributed by atoms with E-state index in [1.165, 1.54) is 25.8 Å². The lowest BCUT2D eigenvalue weighted by molar-refractivity contribution is 0.158. The third-order valence-corrected chi connectivity index (χ3v) is 3.83. The molecule has 0 aromatic heterocycles. The van der Waals surface area contributed by atoms with Crippen LogP contribution in [-0.4, -0.2) is 47.7 Å². The number of rotatable bonds is 7. The molecule has 1 aliphatic rings. The minimum Gasteiger partial charge on any atom is -0.409 e. The van der Waals surface area contributed by atoms with Gasteiger partial charge in [-0.1, -0.05) is 18.5 Å². The summed E-state index contributed by atoms with van der Waals surface area (Å²) in [4.78, 5) is 2.57. The van der Waals surface area contributed by atoms with Crippen LogP contribution in [-0.2, 0) is 0 Å². The molecule has 5 nitrogen and oxygen atoms in total. The largest absolute Gasteiger partial charge is 0.409 e. The van der Waals surface area contributed by atoms with Gasteiger partial charge in [0.05, 0.1) is 6.04 Å². The quantitative estimate of drug-likeness (QED) is 0.211. The van der Waals surface area contributed by atoms with Gasteiger partial charge in [-0.15, -0.1) is 0 Å². The predicted molar refractivity (Wildman–Crippen MR) is 75.0 cm³/mol. The molecule has 0 spiro atoms. The van der Waals surface area contributed by atoms with Gasteiger partial charge >= 0.3 is 0 Å². The number of nitrogens with one attached hydrogen (secondary N) is 1. The summed E-state index contributed by atoms with van der Waals surface area (Å²) in [5.41, 5.74) is 5.60. The molecule has 0 saturated carbocycles. The molecule has 2 unspecified atom stereocenters. The topological polar surface area (TPSA) is 73.9 Å². The van der Waals surface area contributed by atoms with E-state index in [4.69, 9.17) is 10.9 Å². The lowest BCUT2D eigenvalue weighted by Crippen LogP contribution is -2.43. The fourth-order valence-electron chi connectivity index (χ4n) is 2.58. The van der Waals surface area contributed by atoms with Crippen molar-refractivity contribution < 1.29 is 5.21 Å². The van der Waals surface area contributed by atoms with Gasteiger partial charge in [-0.3, -0.25) is 0 Å². The molecule has 0 radical (unpaired) electrons. The molecule has 0 amide bonds. The Morgan fingerprint density at radius 2 is 2.33 bits per heavy atom. The van der Waals surface area contributed by atoms with Crippen LogP contribution in [0, 0.1) is 0 Å². The van der Waals surface area contributed by atoms with Crippen molar-refractivity contribution in [2.45, 2.75) is 58.0 Å². The first-order chi connectivity index (χ1) is 8.69. The van der Waals surface area contributed by atoms with E-state index in [-0.39, 0.29) is 11.9 Å². The molecular weight excluding hydrogens is 228 g/mol. The van der Waals surface area contributed by atoms with Gasteiger partial charge in [0.1, 0.15) is 0 Å². The highest BCUT2D eigenvalue weighted by Gasteiger charge is 2.17. The zero-order chi connectivity index (χ0) is 13.4. The zero-order valence-electron chi connectivity index (χ0n) is 11.7. The van der Waals surface area contributed by atoms with Gasteiger partial charge < -0.3 is 21.2 Å². The SMILES string of the molecule is CCC(NCCCN1CCCCC1C)C(N)=NO. The highest BCUT2D eigenvalue weighted by molar-refractivity contribution is 5.85. The van der Waals surface area contributed by atoms with Crippen molar-refractivity contribution in [1.82, 2.24) is 10.2 Å². The molecular formula is C13H28N4O. The van der Waals surface area contributed by atoms with Crippen LogP contribution >= 0.6 is 0 Å². The molecule has 1 heterocycles. The number of likely N-dealkylation sites (tertiary alicyclic amines) is 1. The van der Waals surface area contributed by atoms with E-state index >= 15 is 0 Å². The molecule has 1 aliphatic heterocycles. The van der Waals surface area contributed by atoms with Crippen molar-refractivity contribution in [1.29, 1.82) is 0 Å². The third kappa shape index (κ3) is 4.82. The Bertz CT molecular complexity index is 257. The smallest absolute Gasteiger partial charge is 0.156 e. The highest BCUT2D eigenvalue weighted by atomic mass is 16.4. The monoisotopic (exact) mass is 256 g/mol. The lowest BCUT2D eigenvalue weighted by Gasteiger charge is -2.33. The van der Waals surface area contributed by atoms with Gasteiger partial charge in [0.2, 0.25) is 0 Å². The molecule has 1 saturated heterocycles. The van der Waals surface area contributed by atoms with Gasteiger partial charge in [0, 0.05) is 6.04 Å². The fourth-order valence-corrected chi connectivity index (χ4v) is 2.58. The molecule has 4 N–H and O–H groups in total. The summed E-state index contributed by atoms with van der Waals surface area (Å²) in [7, 11) is 0. The molecule has 0 aromatic carbocycles. The molecule has 106 valence electrons. The van der Waals surface area contributed by atoms with E-state index in [1.807, 2.05) is 6.92 Å². The van der Waals surface area contributed by atoms with Gasteiger partial charge in [0.25, 0.3) is 0 Å². The molecule has 0 aliphatic carbocycles. The van der Waals surface area contributed by atoms with Crippen LogP contribution in [0.3, 0.4) is 0 Å². The van der Waals surface area contributed by atoms with E-state index in [1.54, 1.807) is 0 Å². The van der Waals surface area contributed by atoms with Gasteiger partial charge in [0.15, 0.2) is 5.84 Å². The van der Waals surface area contributed by atoms with Crippen molar-refractivity contribution in [3.63, 3.8) is 0 Å². The van der Waals surface area contributed by atoms with Crippen LogP contribution in [0.15, 0.2) is 5.16 Å². The Morgan fingerprint density at radius 3 is 2.94 bits per heavy atom. The standard InChI is InChI=1S/C13H28N4O/c1-3-12(13(14)16-18)15-8-6-10-17-9-5-4-7-11(17)2/h11-12,15,18H,3-10H2,1-2H3,(H2,14,16). The predicted octanol–water partition coefficient (Wildman–Crippen LogP) is 1.37. The van der Waals surface area contributed by atoms with Gasteiger partial charge in [-0.05, 0) is 52.2 Å². The number of nitrogens with zero attached hydrogens (tertiary/aromatic N) is 2. The minimum absolute atomic E-state index is 0.00576. The van der Waals surface area contributed by atoms with E-state index < -0.39 is 0 Å². The first-order valence-corrected chi connectivity index (χ1v) is 7.13. The lowest BCUT2D eigenvalue weighted by atomic mass is 10.0. The second-order valence-corrected chi connectivity index (χ2v) is 5.17. The molecule has 5 heteroatoms. The number of hydrogen-bond acceptors (Lipinski definition) is 4. The van der Waals surface area contributed by atoms with E-state index in [2.05, 4.69) is 22.3 Å². The minimum atomic E-state index is -0.00576. The van der Waals surface area contributed by atoms with E-state index in [0.717, 1.165) is 32.0 Å². The Balaban J connectivity index is 2.17. The number of hydrogen-bond donors (Lipinski definition) is 3. The fraction of sp³-hybridized carbons (Fsp3) is 0.923. The second-order valence-electron chi connectivity index (χ2n) is 5.17. The van der Waals surface area contributed by atoms with Crippen LogP contribution in [0.25, 0.3) is 0 Å². The zero-order valence-corrected chi connectivity index (χ0v) is 11.7. The summed E-state index contributed by atoms with van der Waals surface area (Å²) in [5, 5.41) is 15.0. The Labute approximate surface area is 110 Å². The number of amidine groups is 1. The maximum Gasteiger partial charge on any atom is 0.156 e. The third-order valence-electron chi connectivity index (χ3n) is 3.83. The summed E-state index contributed by atoms with van der Waals surface area (Å²) >= 11 is 0. The first kappa shape index (κ1) is 15.2. The van der Waals surface area contributed by atoms with Crippen LogP contribution < -0.4 is 11.1 Å². The van der Waals surface area contributed by atoms with Gasteiger partial charge in [-0.25, -0.2) is 0 Å². The summed E-state index contributed by atoms with van der Waals surface area (Å²) in [6, 6.07) is 0.721. The van der Waals surface area contributed by atoms with Crippen LogP contribution in [0.2, 0.25) is 0 Å². The van der Waals surface area contributed by atoms with Crippen molar-refractivity contribution in [2.24, 2.45) is 10.9 Å². The highest BCUT2D eigenvalue weighted by Crippen LogP contribution is 2.16. The van der Waals surface area contributed by atoms with Crippen molar-refractivity contribution in [2.75, 3.05) is 19.6 Å². The first-order valence-electron chi connectivity index (χ1n) is 7.13. The molecule has 18 heavy (non-hydrogen) atoms. The van der Waals surface area contributed by atoms with E-state index in [0.29, 0.717) is 0 Å². The Morgan fingerprint density at radius 1 is 1.56 bits per heavy atom. The van der Waals surface area contributed by atoms with Gasteiger partial charge in [-0.2, -0.15) is 0 Å². The molecule has 0 aromatic rings. The average Bonchev–Trinajstić information content (AvgIpc) is 2.40. The number of nitrogens with two attached hydrogens (primary N) is 1. The molecule has 0 bridgehead atoms. The van der Waals surface area contributed by atoms with Crippen molar-refractivity contribution in [3.8, 4) is 0 Å². The van der Waals surface area contributed by atoms with Crippen LogP contribution in [0.1, 0.15) is 46.0 Å². The Kier molecular flexibility index (Phi) is 7.05. The van der Waals surface area contributed by atoms with Crippen molar-refractivity contribution in [3.05, 3.63) is 0 Å². The van der Waals surface area contributed by atoms with Crippen LogP contribution in [0.5, 0.6) is 0 Å². The summed E-state index contributed by atoms with van der Waals surface area (Å²) in [6.07, 6.45) is 5.99.